The Bertz CT molecular complexity index is 1190. The van der Waals surface area contributed by atoms with Crippen molar-refractivity contribution < 1.29 is 4.74 Å². The summed E-state index contributed by atoms with van der Waals surface area (Å²) in [5.41, 5.74) is 2.99. The highest BCUT2D eigenvalue weighted by molar-refractivity contribution is 5.79. The monoisotopic (exact) mass is 473 g/mol. The standard InChI is InChI=1S/C28H35N5O2/c1-6-21(18-29)10-9-20(2)26-25(23-11-13-24(35-5)14-12-23)27(34)33(4)28(31-26)32(3)19-22-8-7-16-30-17-15-22/h6,9-14,22,30H,1,7-8,15-17,19H2,2-5H3/b20-9+,21-10+. The maximum Gasteiger partial charge on any atom is 0.263 e. The van der Waals surface area contributed by atoms with E-state index in [9.17, 15) is 10.1 Å². The lowest BCUT2D eigenvalue weighted by atomic mass is 9.99. The molecular formula is C28H35N5O2. The molecule has 1 aromatic heterocycles. The van der Waals surface area contributed by atoms with Crippen molar-refractivity contribution in [2.24, 2.45) is 13.0 Å². The largest absolute Gasteiger partial charge is 0.497 e. The van der Waals surface area contributed by atoms with Crippen molar-refractivity contribution in [3.05, 3.63) is 70.7 Å². The van der Waals surface area contributed by atoms with Crippen molar-refractivity contribution in [2.45, 2.75) is 26.2 Å². The van der Waals surface area contributed by atoms with Crippen LogP contribution in [0.2, 0.25) is 0 Å². The molecule has 7 nitrogen and oxygen atoms in total. The smallest absolute Gasteiger partial charge is 0.263 e. The van der Waals surface area contributed by atoms with Gasteiger partial charge in [0, 0.05) is 20.6 Å². The van der Waals surface area contributed by atoms with Crippen LogP contribution in [-0.2, 0) is 7.05 Å². The van der Waals surface area contributed by atoms with Crippen LogP contribution in [0.3, 0.4) is 0 Å². The zero-order valence-corrected chi connectivity index (χ0v) is 21.2. The van der Waals surface area contributed by atoms with Gasteiger partial charge >= 0.3 is 0 Å². The fourth-order valence-electron chi connectivity index (χ4n) is 4.42. The first-order valence-electron chi connectivity index (χ1n) is 12.0. The second-order valence-corrected chi connectivity index (χ2v) is 8.94. The quantitative estimate of drug-likeness (QED) is 0.454. The van der Waals surface area contributed by atoms with Crippen LogP contribution < -0.4 is 20.5 Å². The molecule has 0 spiro atoms. The summed E-state index contributed by atoms with van der Waals surface area (Å²) in [7, 11) is 5.39. The third-order valence-corrected chi connectivity index (χ3v) is 6.45. The number of methoxy groups -OCH3 is 1. The Balaban J connectivity index is 2.12. The van der Waals surface area contributed by atoms with Gasteiger partial charge in [-0.3, -0.25) is 9.36 Å². The van der Waals surface area contributed by atoms with Crippen molar-refractivity contribution in [3.63, 3.8) is 0 Å². The Morgan fingerprint density at radius 3 is 2.71 bits per heavy atom. The number of anilines is 1. The molecule has 1 saturated heterocycles. The van der Waals surface area contributed by atoms with Crippen molar-refractivity contribution in [3.8, 4) is 22.9 Å². The summed E-state index contributed by atoms with van der Waals surface area (Å²) in [5, 5.41) is 12.7. The molecule has 1 atom stereocenters. The second-order valence-electron chi connectivity index (χ2n) is 8.94. The predicted molar refractivity (Wildman–Crippen MR) is 142 cm³/mol. The van der Waals surface area contributed by atoms with Crippen LogP contribution in [0, 0.1) is 17.2 Å². The molecule has 3 rings (SSSR count). The highest BCUT2D eigenvalue weighted by atomic mass is 16.5. The number of nitrogens with zero attached hydrogens (tertiary/aromatic N) is 4. The highest BCUT2D eigenvalue weighted by Crippen LogP contribution is 2.28. The summed E-state index contributed by atoms with van der Waals surface area (Å²) in [4.78, 5) is 20.8. The molecule has 0 bridgehead atoms. The van der Waals surface area contributed by atoms with E-state index in [0.717, 1.165) is 50.0 Å². The number of aromatic nitrogens is 2. The molecule has 2 heterocycles. The Morgan fingerprint density at radius 2 is 2.06 bits per heavy atom. The molecule has 1 aliphatic heterocycles. The van der Waals surface area contributed by atoms with E-state index in [1.807, 2.05) is 44.3 Å². The highest BCUT2D eigenvalue weighted by Gasteiger charge is 2.22. The van der Waals surface area contributed by atoms with Crippen molar-refractivity contribution in [2.75, 3.05) is 38.7 Å². The van der Waals surface area contributed by atoms with Crippen LogP contribution in [0.4, 0.5) is 5.95 Å². The average molecular weight is 474 g/mol. The third-order valence-electron chi connectivity index (χ3n) is 6.45. The lowest BCUT2D eigenvalue weighted by Crippen LogP contribution is -2.34. The summed E-state index contributed by atoms with van der Waals surface area (Å²) >= 11 is 0. The fraction of sp³-hybridized carbons (Fsp3) is 0.393. The van der Waals surface area contributed by atoms with Crippen LogP contribution in [0.15, 0.2) is 59.4 Å². The van der Waals surface area contributed by atoms with Crippen LogP contribution in [0.1, 0.15) is 31.9 Å². The van der Waals surface area contributed by atoms with E-state index >= 15 is 0 Å². The first-order chi connectivity index (χ1) is 16.9. The van der Waals surface area contributed by atoms with E-state index in [1.165, 1.54) is 6.08 Å². The summed E-state index contributed by atoms with van der Waals surface area (Å²) in [6.07, 6.45) is 8.44. The number of hydrogen-bond donors (Lipinski definition) is 1. The summed E-state index contributed by atoms with van der Waals surface area (Å²) in [6, 6.07) is 9.52. The molecule has 1 aromatic carbocycles. The fourth-order valence-corrected chi connectivity index (χ4v) is 4.42. The van der Waals surface area contributed by atoms with Crippen molar-refractivity contribution >= 4 is 11.5 Å². The van der Waals surface area contributed by atoms with E-state index in [0.29, 0.717) is 34.4 Å². The molecule has 0 saturated carbocycles. The number of nitrogens with one attached hydrogen (secondary N) is 1. The zero-order valence-electron chi connectivity index (χ0n) is 21.2. The van der Waals surface area contributed by atoms with Gasteiger partial charge in [-0.05, 0) is 74.5 Å². The minimum Gasteiger partial charge on any atom is -0.497 e. The maximum absolute atomic E-state index is 13.7. The molecule has 7 heteroatoms. The number of benzene rings is 1. The Hall–Kier alpha value is -3.63. The lowest BCUT2D eigenvalue weighted by molar-refractivity contribution is 0.415. The minimum absolute atomic E-state index is 0.120. The number of hydrogen-bond acceptors (Lipinski definition) is 6. The van der Waals surface area contributed by atoms with Crippen molar-refractivity contribution in [1.29, 1.82) is 5.26 Å². The number of rotatable bonds is 8. The molecule has 1 unspecified atom stereocenters. The van der Waals surface area contributed by atoms with E-state index in [-0.39, 0.29) is 5.56 Å². The van der Waals surface area contributed by atoms with Gasteiger partial charge in [0.2, 0.25) is 5.95 Å². The molecule has 184 valence electrons. The molecule has 1 N–H and O–H groups in total. The van der Waals surface area contributed by atoms with Gasteiger partial charge in [0.1, 0.15) is 5.75 Å². The molecule has 1 aliphatic rings. The maximum atomic E-state index is 13.7. The Kier molecular flexibility index (Phi) is 9.04. The first kappa shape index (κ1) is 26.0. The second kappa shape index (κ2) is 12.2. The number of ether oxygens (including phenoxy) is 1. The van der Waals surface area contributed by atoms with Gasteiger partial charge in [-0.1, -0.05) is 30.9 Å². The molecule has 0 radical (unpaired) electrons. The van der Waals surface area contributed by atoms with Crippen LogP contribution in [-0.4, -0.2) is 43.3 Å². The Labute approximate surface area is 208 Å². The van der Waals surface area contributed by atoms with Gasteiger partial charge in [0.15, 0.2) is 0 Å². The summed E-state index contributed by atoms with van der Waals surface area (Å²) in [5.74, 6) is 1.89. The molecule has 1 fully saturated rings. The lowest BCUT2D eigenvalue weighted by Gasteiger charge is -2.26. The van der Waals surface area contributed by atoms with E-state index in [1.54, 1.807) is 24.8 Å². The zero-order chi connectivity index (χ0) is 25.4. The molecule has 0 amide bonds. The topological polar surface area (TPSA) is 83.2 Å². The van der Waals surface area contributed by atoms with Crippen molar-refractivity contribution in [1.82, 2.24) is 14.9 Å². The van der Waals surface area contributed by atoms with Gasteiger partial charge in [-0.25, -0.2) is 4.98 Å². The summed E-state index contributed by atoms with van der Waals surface area (Å²) in [6.45, 7) is 8.50. The van der Waals surface area contributed by atoms with E-state index in [2.05, 4.69) is 22.9 Å². The Morgan fingerprint density at radius 1 is 1.31 bits per heavy atom. The number of allylic oxidation sites excluding steroid dienone is 5. The van der Waals surface area contributed by atoms with Gasteiger partial charge in [-0.2, -0.15) is 5.26 Å². The third kappa shape index (κ3) is 6.28. The molecule has 2 aromatic rings. The molecule has 0 aliphatic carbocycles. The van der Waals surface area contributed by atoms with Gasteiger partial charge in [0.05, 0.1) is 30.0 Å². The average Bonchev–Trinajstić information content (AvgIpc) is 3.14. The van der Waals surface area contributed by atoms with Gasteiger partial charge < -0.3 is 15.0 Å². The van der Waals surface area contributed by atoms with Crippen LogP contribution >= 0.6 is 0 Å². The van der Waals surface area contributed by atoms with Gasteiger partial charge in [0.25, 0.3) is 5.56 Å². The molecular weight excluding hydrogens is 438 g/mol. The van der Waals surface area contributed by atoms with Gasteiger partial charge in [-0.15, -0.1) is 0 Å². The SMILES string of the molecule is C=C/C(C#N)=C\C=C(/C)c1nc(N(C)CC2CCCNCC2)n(C)c(=O)c1-c1ccc(OC)cc1. The molecule has 35 heavy (non-hydrogen) atoms. The normalized spacial score (nSPS) is 16.8. The first-order valence-corrected chi connectivity index (χ1v) is 12.0. The predicted octanol–water partition coefficient (Wildman–Crippen LogP) is 4.32. The van der Waals surface area contributed by atoms with Crippen LogP contribution in [0.25, 0.3) is 16.7 Å². The minimum atomic E-state index is -0.120. The van der Waals surface area contributed by atoms with Crippen LogP contribution in [0.5, 0.6) is 5.75 Å². The number of nitriles is 1. The van der Waals surface area contributed by atoms with E-state index in [4.69, 9.17) is 9.72 Å². The summed E-state index contributed by atoms with van der Waals surface area (Å²) < 4.78 is 6.92. The van der Waals surface area contributed by atoms with E-state index < -0.39 is 0 Å².